The number of nitrogens with one attached hydrogen (secondary N) is 1. The van der Waals surface area contributed by atoms with E-state index in [1.54, 1.807) is 0 Å². The summed E-state index contributed by atoms with van der Waals surface area (Å²) < 4.78 is 11.0. The van der Waals surface area contributed by atoms with Crippen LogP contribution in [0.1, 0.15) is 26.7 Å². The first-order valence-electron chi connectivity index (χ1n) is 5.73. The molecule has 0 saturated carbocycles. The Bertz CT molecular complexity index is 135. The third-order valence-corrected chi connectivity index (χ3v) is 2.62. The van der Waals surface area contributed by atoms with Gasteiger partial charge in [0.15, 0.2) is 0 Å². The fraction of sp³-hybridized carbons (Fsp3) is 1.00. The van der Waals surface area contributed by atoms with Crippen LogP contribution in [0.2, 0.25) is 0 Å². The van der Waals surface area contributed by atoms with Crippen LogP contribution in [0, 0.1) is 5.92 Å². The Kier molecular flexibility index (Phi) is 6.15. The first-order valence-corrected chi connectivity index (χ1v) is 5.73. The van der Waals surface area contributed by atoms with Gasteiger partial charge in [-0.2, -0.15) is 0 Å². The SMILES string of the molecule is CCNCCC(C)OCC1CCOC1. The smallest absolute Gasteiger partial charge is 0.0559 e. The van der Waals surface area contributed by atoms with Gasteiger partial charge >= 0.3 is 0 Å². The fourth-order valence-corrected chi connectivity index (χ4v) is 1.58. The summed E-state index contributed by atoms with van der Waals surface area (Å²) >= 11 is 0. The molecule has 0 aromatic rings. The van der Waals surface area contributed by atoms with Gasteiger partial charge < -0.3 is 14.8 Å². The summed E-state index contributed by atoms with van der Waals surface area (Å²) in [6.45, 7) is 9.05. The Morgan fingerprint density at radius 2 is 2.43 bits per heavy atom. The average Bonchev–Trinajstić information content (AvgIpc) is 2.68. The first-order chi connectivity index (χ1) is 6.83. The van der Waals surface area contributed by atoms with E-state index in [4.69, 9.17) is 9.47 Å². The van der Waals surface area contributed by atoms with Crippen molar-refractivity contribution in [2.45, 2.75) is 32.8 Å². The van der Waals surface area contributed by atoms with Crippen LogP contribution in [-0.2, 0) is 9.47 Å². The van der Waals surface area contributed by atoms with Crippen LogP contribution in [0.5, 0.6) is 0 Å². The summed E-state index contributed by atoms with van der Waals surface area (Å²) in [4.78, 5) is 0. The lowest BCUT2D eigenvalue weighted by Gasteiger charge is -2.15. The normalized spacial score (nSPS) is 24.0. The maximum Gasteiger partial charge on any atom is 0.0559 e. The Labute approximate surface area is 87.2 Å². The molecule has 0 spiro atoms. The van der Waals surface area contributed by atoms with Crippen LogP contribution >= 0.6 is 0 Å². The van der Waals surface area contributed by atoms with Crippen molar-refractivity contribution in [2.75, 3.05) is 32.9 Å². The summed E-state index contributed by atoms with van der Waals surface area (Å²) in [5.74, 6) is 0.636. The molecule has 1 rings (SSSR count). The van der Waals surface area contributed by atoms with E-state index in [-0.39, 0.29) is 0 Å². The van der Waals surface area contributed by atoms with Crippen LogP contribution in [0.3, 0.4) is 0 Å². The predicted octanol–water partition coefficient (Wildman–Crippen LogP) is 1.43. The number of rotatable bonds is 7. The number of ether oxygens (including phenoxy) is 2. The van der Waals surface area contributed by atoms with Crippen molar-refractivity contribution in [1.82, 2.24) is 5.32 Å². The predicted molar refractivity (Wildman–Crippen MR) is 57.5 cm³/mol. The molecule has 1 aliphatic heterocycles. The van der Waals surface area contributed by atoms with Crippen molar-refractivity contribution in [3.05, 3.63) is 0 Å². The molecule has 1 fully saturated rings. The zero-order valence-corrected chi connectivity index (χ0v) is 9.42. The highest BCUT2D eigenvalue weighted by molar-refractivity contribution is 4.64. The van der Waals surface area contributed by atoms with Gasteiger partial charge in [-0.3, -0.25) is 0 Å². The van der Waals surface area contributed by atoms with Crippen molar-refractivity contribution in [3.8, 4) is 0 Å². The van der Waals surface area contributed by atoms with Crippen molar-refractivity contribution in [2.24, 2.45) is 5.92 Å². The molecule has 2 atom stereocenters. The maximum atomic E-state index is 5.75. The van der Waals surface area contributed by atoms with Gasteiger partial charge in [0.25, 0.3) is 0 Å². The molecule has 0 aromatic heterocycles. The molecule has 0 aromatic carbocycles. The van der Waals surface area contributed by atoms with Gasteiger partial charge in [-0.25, -0.2) is 0 Å². The highest BCUT2D eigenvalue weighted by atomic mass is 16.5. The Morgan fingerprint density at radius 3 is 3.07 bits per heavy atom. The van der Waals surface area contributed by atoms with E-state index < -0.39 is 0 Å². The first kappa shape index (κ1) is 12.0. The van der Waals surface area contributed by atoms with Crippen LogP contribution in [-0.4, -0.2) is 39.0 Å². The van der Waals surface area contributed by atoms with Crippen molar-refractivity contribution in [3.63, 3.8) is 0 Å². The lowest BCUT2D eigenvalue weighted by atomic mass is 10.1. The quantitative estimate of drug-likeness (QED) is 0.632. The van der Waals surface area contributed by atoms with E-state index in [0.29, 0.717) is 12.0 Å². The summed E-state index contributed by atoms with van der Waals surface area (Å²) in [6, 6.07) is 0. The molecule has 14 heavy (non-hydrogen) atoms. The molecule has 0 aliphatic carbocycles. The maximum absolute atomic E-state index is 5.75. The lowest BCUT2D eigenvalue weighted by Crippen LogP contribution is -2.22. The molecule has 1 heterocycles. The summed E-state index contributed by atoms with van der Waals surface area (Å²) in [6.07, 6.45) is 2.64. The van der Waals surface area contributed by atoms with E-state index in [0.717, 1.165) is 39.3 Å². The van der Waals surface area contributed by atoms with Gasteiger partial charge in [-0.15, -0.1) is 0 Å². The minimum Gasteiger partial charge on any atom is -0.381 e. The Morgan fingerprint density at radius 1 is 1.57 bits per heavy atom. The van der Waals surface area contributed by atoms with Crippen molar-refractivity contribution >= 4 is 0 Å². The van der Waals surface area contributed by atoms with Crippen LogP contribution in [0.25, 0.3) is 0 Å². The molecule has 84 valence electrons. The van der Waals surface area contributed by atoms with Gasteiger partial charge in [0.1, 0.15) is 0 Å². The topological polar surface area (TPSA) is 30.5 Å². The molecule has 0 bridgehead atoms. The summed E-state index contributed by atoms with van der Waals surface area (Å²) in [5.41, 5.74) is 0. The summed E-state index contributed by atoms with van der Waals surface area (Å²) in [7, 11) is 0. The zero-order chi connectivity index (χ0) is 10.2. The Hall–Kier alpha value is -0.120. The van der Waals surface area contributed by atoms with E-state index in [2.05, 4.69) is 19.2 Å². The largest absolute Gasteiger partial charge is 0.381 e. The number of hydrogen-bond acceptors (Lipinski definition) is 3. The molecule has 0 amide bonds. The van der Waals surface area contributed by atoms with Gasteiger partial charge in [-0.1, -0.05) is 6.92 Å². The standard InChI is InChI=1S/C11H23NO2/c1-3-12-6-4-10(2)14-9-11-5-7-13-8-11/h10-12H,3-9H2,1-2H3. The molecule has 1 saturated heterocycles. The molecule has 3 nitrogen and oxygen atoms in total. The van der Waals surface area contributed by atoms with Gasteiger partial charge in [0.2, 0.25) is 0 Å². The fourth-order valence-electron chi connectivity index (χ4n) is 1.58. The van der Waals surface area contributed by atoms with Gasteiger partial charge in [-0.05, 0) is 32.9 Å². The molecule has 3 heteroatoms. The molecule has 1 aliphatic rings. The average molecular weight is 201 g/mol. The molecule has 0 radical (unpaired) electrons. The van der Waals surface area contributed by atoms with E-state index in [1.165, 1.54) is 6.42 Å². The van der Waals surface area contributed by atoms with E-state index in [9.17, 15) is 0 Å². The summed E-state index contributed by atoms with van der Waals surface area (Å²) in [5, 5.41) is 3.30. The third-order valence-electron chi connectivity index (χ3n) is 2.62. The molecular formula is C11H23NO2. The lowest BCUT2D eigenvalue weighted by molar-refractivity contribution is 0.0325. The van der Waals surface area contributed by atoms with Gasteiger partial charge in [0.05, 0.1) is 19.3 Å². The van der Waals surface area contributed by atoms with Crippen LogP contribution in [0.15, 0.2) is 0 Å². The Balaban J connectivity index is 1.93. The minimum absolute atomic E-state index is 0.370. The van der Waals surface area contributed by atoms with E-state index in [1.807, 2.05) is 0 Å². The van der Waals surface area contributed by atoms with Crippen molar-refractivity contribution in [1.29, 1.82) is 0 Å². The second-order valence-corrected chi connectivity index (χ2v) is 4.02. The second kappa shape index (κ2) is 7.21. The minimum atomic E-state index is 0.370. The molecular weight excluding hydrogens is 178 g/mol. The number of hydrogen-bond donors (Lipinski definition) is 1. The third kappa shape index (κ3) is 4.94. The van der Waals surface area contributed by atoms with Crippen LogP contribution < -0.4 is 5.32 Å². The van der Waals surface area contributed by atoms with Crippen LogP contribution in [0.4, 0.5) is 0 Å². The van der Waals surface area contributed by atoms with Crippen molar-refractivity contribution < 1.29 is 9.47 Å². The highest BCUT2D eigenvalue weighted by Crippen LogP contribution is 2.13. The van der Waals surface area contributed by atoms with E-state index >= 15 is 0 Å². The second-order valence-electron chi connectivity index (χ2n) is 4.02. The zero-order valence-electron chi connectivity index (χ0n) is 9.42. The molecule has 1 N–H and O–H groups in total. The van der Waals surface area contributed by atoms with Gasteiger partial charge in [0, 0.05) is 12.5 Å². The molecule has 2 unspecified atom stereocenters. The highest BCUT2D eigenvalue weighted by Gasteiger charge is 2.16. The monoisotopic (exact) mass is 201 g/mol.